The van der Waals surface area contributed by atoms with Gasteiger partial charge in [-0.05, 0) is 47.8 Å². The Morgan fingerprint density at radius 1 is 1.03 bits per heavy atom. The van der Waals surface area contributed by atoms with E-state index >= 15 is 0 Å². The van der Waals surface area contributed by atoms with Crippen LogP contribution in [0, 0.1) is 10.8 Å². The minimum Gasteiger partial charge on any atom is -0.453 e. The van der Waals surface area contributed by atoms with E-state index < -0.39 is 0 Å². The van der Waals surface area contributed by atoms with Crippen LogP contribution in [0.1, 0.15) is 77.7 Å². The lowest BCUT2D eigenvalue weighted by atomic mass is 9.65. The summed E-state index contributed by atoms with van der Waals surface area (Å²) in [6.45, 7) is 17.1. The van der Waals surface area contributed by atoms with Crippen LogP contribution in [-0.4, -0.2) is 42.5 Å². The summed E-state index contributed by atoms with van der Waals surface area (Å²) in [7, 11) is 0. The molecule has 0 spiro atoms. The van der Waals surface area contributed by atoms with Crippen LogP contribution in [0.3, 0.4) is 0 Å². The average molecular weight is 461 g/mol. The lowest BCUT2D eigenvalue weighted by Gasteiger charge is -2.40. The number of hydrogen-bond acceptors (Lipinski definition) is 4. The van der Waals surface area contributed by atoms with E-state index in [4.69, 9.17) is 9.47 Å². The SMILES string of the molecule is CCCCN1CCN(C2=COC(c3ccccc3C3=CC(C)(C)CC(C)(C)C3)O2)CC1.Cl. The van der Waals surface area contributed by atoms with Crippen LogP contribution in [0.4, 0.5) is 0 Å². The van der Waals surface area contributed by atoms with Crippen LogP contribution >= 0.6 is 12.4 Å². The number of piperazine rings is 1. The number of halogens is 1. The lowest BCUT2D eigenvalue weighted by molar-refractivity contribution is -0.0563. The van der Waals surface area contributed by atoms with E-state index in [0.717, 1.165) is 44.0 Å². The van der Waals surface area contributed by atoms with Gasteiger partial charge in [-0.1, -0.05) is 71.4 Å². The first-order valence-electron chi connectivity index (χ1n) is 12.1. The Kier molecular flexibility index (Phi) is 7.88. The highest BCUT2D eigenvalue weighted by Gasteiger charge is 2.36. The Balaban J connectivity index is 0.00000289. The summed E-state index contributed by atoms with van der Waals surface area (Å²) < 4.78 is 12.4. The monoisotopic (exact) mass is 460 g/mol. The van der Waals surface area contributed by atoms with Crippen LogP contribution in [0.15, 0.2) is 42.5 Å². The first-order valence-corrected chi connectivity index (χ1v) is 12.1. The van der Waals surface area contributed by atoms with Crippen molar-refractivity contribution in [2.24, 2.45) is 10.8 Å². The van der Waals surface area contributed by atoms with E-state index in [1.165, 1.54) is 36.9 Å². The molecule has 1 unspecified atom stereocenters. The Hall–Kier alpha value is -1.65. The fraction of sp³-hybridized carbons (Fsp3) is 0.630. The van der Waals surface area contributed by atoms with Crippen molar-refractivity contribution in [3.8, 4) is 0 Å². The third-order valence-corrected chi connectivity index (χ3v) is 6.76. The first-order chi connectivity index (χ1) is 14.8. The molecule has 0 aromatic heterocycles. The van der Waals surface area contributed by atoms with Gasteiger partial charge in [-0.3, -0.25) is 4.90 Å². The van der Waals surface area contributed by atoms with E-state index in [-0.39, 0.29) is 24.1 Å². The highest BCUT2D eigenvalue weighted by atomic mass is 35.5. The molecule has 1 atom stereocenters. The maximum absolute atomic E-state index is 6.36. The van der Waals surface area contributed by atoms with E-state index in [1.807, 2.05) is 6.26 Å². The van der Waals surface area contributed by atoms with Crippen molar-refractivity contribution in [2.75, 3.05) is 32.7 Å². The Bertz CT molecular complexity index is 838. The number of benzene rings is 1. The molecule has 4 rings (SSSR count). The van der Waals surface area contributed by atoms with Crippen molar-refractivity contribution < 1.29 is 9.47 Å². The normalized spacial score (nSPS) is 24.7. The van der Waals surface area contributed by atoms with Crippen molar-refractivity contribution in [1.29, 1.82) is 0 Å². The largest absolute Gasteiger partial charge is 0.453 e. The van der Waals surface area contributed by atoms with Gasteiger partial charge in [0.15, 0.2) is 0 Å². The number of hydrogen-bond donors (Lipinski definition) is 0. The molecule has 1 aliphatic carbocycles. The summed E-state index contributed by atoms with van der Waals surface area (Å²) in [5.41, 5.74) is 4.31. The summed E-state index contributed by atoms with van der Waals surface area (Å²) in [6.07, 6.45) is 8.76. The molecule has 1 aromatic rings. The van der Waals surface area contributed by atoms with Crippen LogP contribution in [0.5, 0.6) is 0 Å². The van der Waals surface area contributed by atoms with Gasteiger partial charge in [0, 0.05) is 31.7 Å². The third kappa shape index (κ3) is 5.82. The summed E-state index contributed by atoms with van der Waals surface area (Å²) in [5.74, 6) is 0.883. The number of ether oxygens (including phenoxy) is 2. The molecule has 0 bridgehead atoms. The van der Waals surface area contributed by atoms with E-state index in [9.17, 15) is 0 Å². The predicted octanol–water partition coefficient (Wildman–Crippen LogP) is 6.60. The summed E-state index contributed by atoms with van der Waals surface area (Å²) in [4.78, 5) is 4.89. The standard InChI is InChI=1S/C27H40N2O2.ClH/c1-6-7-12-28-13-15-29(16-14-28)24-19-30-25(31-24)23-11-9-8-10-22(23)21-17-26(2,3)20-27(4,5)18-21;/h8-11,17,19,25H,6-7,12-16,18,20H2,1-5H3;1H. The van der Waals surface area contributed by atoms with Crippen molar-refractivity contribution >= 4 is 18.0 Å². The van der Waals surface area contributed by atoms with Crippen molar-refractivity contribution in [2.45, 2.75) is 66.6 Å². The molecule has 1 aromatic carbocycles. The number of nitrogens with zero attached hydrogens (tertiary/aromatic N) is 2. The highest BCUT2D eigenvalue weighted by Crippen LogP contribution is 2.48. The van der Waals surface area contributed by atoms with Gasteiger partial charge in [-0.2, -0.15) is 0 Å². The molecule has 2 heterocycles. The van der Waals surface area contributed by atoms with E-state index in [2.05, 4.69) is 74.8 Å². The quantitative estimate of drug-likeness (QED) is 0.477. The zero-order valence-corrected chi connectivity index (χ0v) is 21.3. The zero-order chi connectivity index (χ0) is 22.1. The molecule has 3 aliphatic rings. The number of unbranched alkanes of at least 4 members (excludes halogenated alkanes) is 1. The second-order valence-electron chi connectivity index (χ2n) is 11.0. The van der Waals surface area contributed by atoms with E-state index in [1.54, 1.807) is 0 Å². The van der Waals surface area contributed by atoms with Gasteiger partial charge in [-0.15, -0.1) is 12.4 Å². The second-order valence-corrected chi connectivity index (χ2v) is 11.0. The molecule has 0 amide bonds. The average Bonchev–Trinajstić information content (AvgIpc) is 3.20. The molecular weight excluding hydrogens is 420 g/mol. The number of rotatable bonds is 6. The van der Waals surface area contributed by atoms with Crippen molar-refractivity contribution in [1.82, 2.24) is 9.80 Å². The van der Waals surface area contributed by atoms with Crippen LogP contribution in [0.2, 0.25) is 0 Å². The summed E-state index contributed by atoms with van der Waals surface area (Å²) >= 11 is 0. The fourth-order valence-electron chi connectivity index (χ4n) is 5.70. The molecule has 0 saturated carbocycles. The van der Waals surface area contributed by atoms with Crippen molar-refractivity contribution in [3.63, 3.8) is 0 Å². The minimum absolute atomic E-state index is 0. The molecule has 178 valence electrons. The molecule has 5 heteroatoms. The Morgan fingerprint density at radius 3 is 2.44 bits per heavy atom. The van der Waals surface area contributed by atoms with Crippen molar-refractivity contribution in [3.05, 3.63) is 53.6 Å². The van der Waals surface area contributed by atoms with Gasteiger partial charge in [-0.25, -0.2) is 0 Å². The van der Waals surface area contributed by atoms with Gasteiger partial charge in [0.25, 0.3) is 6.29 Å². The highest BCUT2D eigenvalue weighted by molar-refractivity contribution is 5.85. The summed E-state index contributed by atoms with van der Waals surface area (Å²) in [6, 6.07) is 8.62. The Labute approximate surface area is 201 Å². The fourth-order valence-corrected chi connectivity index (χ4v) is 5.70. The smallest absolute Gasteiger partial charge is 0.269 e. The molecule has 4 nitrogen and oxygen atoms in total. The van der Waals surface area contributed by atoms with Gasteiger partial charge < -0.3 is 14.4 Å². The number of allylic oxidation sites excluding steroid dienone is 2. The molecule has 32 heavy (non-hydrogen) atoms. The van der Waals surface area contributed by atoms with Gasteiger partial charge in [0.2, 0.25) is 5.88 Å². The molecule has 0 radical (unpaired) electrons. The predicted molar refractivity (Wildman–Crippen MR) is 134 cm³/mol. The van der Waals surface area contributed by atoms with Crippen LogP contribution < -0.4 is 0 Å². The third-order valence-electron chi connectivity index (χ3n) is 6.76. The molecule has 1 fully saturated rings. The van der Waals surface area contributed by atoms with E-state index in [0.29, 0.717) is 5.41 Å². The molecule has 2 aliphatic heterocycles. The van der Waals surface area contributed by atoms with Crippen LogP contribution in [-0.2, 0) is 9.47 Å². The van der Waals surface area contributed by atoms with Gasteiger partial charge >= 0.3 is 0 Å². The second kappa shape index (κ2) is 10.1. The maximum atomic E-state index is 6.36. The topological polar surface area (TPSA) is 24.9 Å². The molecule has 1 saturated heterocycles. The molecule has 0 N–H and O–H groups in total. The molecular formula is C27H41ClN2O2. The first kappa shape index (κ1) is 25.0. The maximum Gasteiger partial charge on any atom is 0.269 e. The Morgan fingerprint density at radius 2 is 1.75 bits per heavy atom. The zero-order valence-electron chi connectivity index (χ0n) is 20.5. The van der Waals surface area contributed by atoms with Gasteiger partial charge in [0.1, 0.15) is 6.26 Å². The lowest BCUT2D eigenvalue weighted by Crippen LogP contribution is -2.46. The minimum atomic E-state index is -0.363. The van der Waals surface area contributed by atoms with Gasteiger partial charge in [0.05, 0.1) is 0 Å². The summed E-state index contributed by atoms with van der Waals surface area (Å²) in [5, 5.41) is 0. The van der Waals surface area contributed by atoms with Crippen LogP contribution in [0.25, 0.3) is 5.57 Å².